The Hall–Kier alpha value is -3.85. The molecule has 0 bridgehead atoms. The van der Waals surface area contributed by atoms with Gasteiger partial charge >= 0.3 is 0 Å². The lowest BCUT2D eigenvalue weighted by atomic mass is 10.2. The number of amides is 2. The molecule has 0 aliphatic carbocycles. The molecular weight excluding hydrogens is 526 g/mol. The van der Waals surface area contributed by atoms with Crippen molar-refractivity contribution < 1.29 is 23.8 Å². The van der Waals surface area contributed by atoms with Crippen molar-refractivity contribution in [2.45, 2.75) is 26.9 Å². The fourth-order valence-electron chi connectivity index (χ4n) is 3.17. The quantitative estimate of drug-likeness (QED) is 0.180. The van der Waals surface area contributed by atoms with E-state index in [4.69, 9.17) is 14.2 Å². The van der Waals surface area contributed by atoms with Crippen molar-refractivity contribution >= 4 is 39.6 Å². The summed E-state index contributed by atoms with van der Waals surface area (Å²) in [5.74, 6) is 0.838. The highest BCUT2D eigenvalue weighted by molar-refractivity contribution is 9.10. The van der Waals surface area contributed by atoms with Crippen LogP contribution in [-0.2, 0) is 16.2 Å². The summed E-state index contributed by atoms with van der Waals surface area (Å²) in [7, 11) is 0. The van der Waals surface area contributed by atoms with Gasteiger partial charge in [-0.3, -0.25) is 9.59 Å². The summed E-state index contributed by atoms with van der Waals surface area (Å²) in [6.45, 7) is 5.18. The number of anilines is 1. The standard InChI is InChI=1S/C27H28BrN3O5/c1-3-34-22-12-10-21(11-13-22)30-25(32)16-26(33)31-29-17-20-14-23(28)27(24(15-20)35-4-2)36-18-19-8-6-5-7-9-19/h5-15,17H,3-4,16,18H2,1-2H3,(H,30,32)(H,31,33). The highest BCUT2D eigenvalue weighted by Gasteiger charge is 2.13. The minimum atomic E-state index is -0.540. The minimum absolute atomic E-state index is 0.370. The normalized spacial score (nSPS) is 10.6. The van der Waals surface area contributed by atoms with Gasteiger partial charge in [-0.2, -0.15) is 5.10 Å². The minimum Gasteiger partial charge on any atom is -0.494 e. The fraction of sp³-hybridized carbons (Fsp3) is 0.222. The molecule has 0 fully saturated rings. The Labute approximate surface area is 218 Å². The van der Waals surface area contributed by atoms with Gasteiger partial charge in [0.2, 0.25) is 11.8 Å². The largest absolute Gasteiger partial charge is 0.494 e. The van der Waals surface area contributed by atoms with Crippen LogP contribution in [0.4, 0.5) is 5.69 Å². The molecule has 0 aliphatic heterocycles. The van der Waals surface area contributed by atoms with Gasteiger partial charge in [-0.15, -0.1) is 0 Å². The molecule has 2 N–H and O–H groups in total. The number of benzene rings is 3. The zero-order valence-electron chi connectivity index (χ0n) is 20.1. The molecule has 3 aromatic rings. The maximum atomic E-state index is 12.1. The number of hydrogen-bond acceptors (Lipinski definition) is 6. The van der Waals surface area contributed by atoms with E-state index in [0.29, 0.717) is 52.8 Å². The van der Waals surface area contributed by atoms with E-state index in [1.807, 2.05) is 44.2 Å². The zero-order chi connectivity index (χ0) is 25.8. The Morgan fingerprint density at radius 3 is 2.33 bits per heavy atom. The number of hydrazone groups is 1. The number of halogens is 1. The van der Waals surface area contributed by atoms with Crippen LogP contribution in [0.1, 0.15) is 31.4 Å². The Morgan fingerprint density at radius 2 is 1.64 bits per heavy atom. The van der Waals surface area contributed by atoms with E-state index >= 15 is 0 Å². The van der Waals surface area contributed by atoms with Crippen molar-refractivity contribution in [1.82, 2.24) is 5.43 Å². The van der Waals surface area contributed by atoms with Crippen molar-refractivity contribution in [1.29, 1.82) is 0 Å². The summed E-state index contributed by atoms with van der Waals surface area (Å²) >= 11 is 3.52. The van der Waals surface area contributed by atoms with Gasteiger partial charge in [-0.05, 0) is 77.3 Å². The van der Waals surface area contributed by atoms with Crippen LogP contribution >= 0.6 is 15.9 Å². The molecule has 0 atom stereocenters. The lowest BCUT2D eigenvalue weighted by Crippen LogP contribution is -2.24. The molecular formula is C27H28BrN3O5. The first kappa shape index (κ1) is 26.7. The van der Waals surface area contributed by atoms with Crippen LogP contribution in [0.15, 0.2) is 76.3 Å². The summed E-state index contributed by atoms with van der Waals surface area (Å²) < 4.78 is 17.8. The fourth-order valence-corrected chi connectivity index (χ4v) is 3.74. The second kappa shape index (κ2) is 13.9. The molecule has 0 saturated carbocycles. The van der Waals surface area contributed by atoms with Gasteiger partial charge in [-0.1, -0.05) is 30.3 Å². The van der Waals surface area contributed by atoms with Gasteiger partial charge in [0.1, 0.15) is 18.8 Å². The molecule has 0 heterocycles. The summed E-state index contributed by atoms with van der Waals surface area (Å²) in [5.41, 5.74) is 4.65. The third-order valence-electron chi connectivity index (χ3n) is 4.73. The van der Waals surface area contributed by atoms with E-state index in [1.165, 1.54) is 6.21 Å². The van der Waals surface area contributed by atoms with E-state index in [0.717, 1.165) is 5.56 Å². The number of carbonyl (C=O) groups is 2. The summed E-state index contributed by atoms with van der Waals surface area (Å²) in [5, 5.41) is 6.63. The zero-order valence-corrected chi connectivity index (χ0v) is 21.7. The number of nitrogens with zero attached hydrogens (tertiary/aromatic N) is 1. The Kier molecular flexibility index (Phi) is 10.3. The molecule has 0 radical (unpaired) electrons. The second-order valence-electron chi connectivity index (χ2n) is 7.51. The first-order valence-corrected chi connectivity index (χ1v) is 12.3. The molecule has 0 spiro atoms. The molecule has 2 amide bonds. The van der Waals surface area contributed by atoms with Crippen LogP contribution in [0.5, 0.6) is 17.2 Å². The van der Waals surface area contributed by atoms with Crippen LogP contribution in [0, 0.1) is 0 Å². The lowest BCUT2D eigenvalue weighted by molar-refractivity contribution is -0.126. The molecule has 0 saturated heterocycles. The monoisotopic (exact) mass is 553 g/mol. The van der Waals surface area contributed by atoms with Crippen LogP contribution in [0.25, 0.3) is 0 Å². The van der Waals surface area contributed by atoms with Crippen LogP contribution in [-0.4, -0.2) is 31.2 Å². The number of nitrogens with one attached hydrogen (secondary N) is 2. The molecule has 0 aromatic heterocycles. The van der Waals surface area contributed by atoms with Crippen LogP contribution < -0.4 is 25.0 Å². The smallest absolute Gasteiger partial charge is 0.249 e. The first-order valence-electron chi connectivity index (χ1n) is 11.5. The van der Waals surface area contributed by atoms with Crippen LogP contribution in [0.3, 0.4) is 0 Å². The first-order chi connectivity index (χ1) is 17.5. The van der Waals surface area contributed by atoms with Crippen molar-refractivity contribution in [2.75, 3.05) is 18.5 Å². The van der Waals surface area contributed by atoms with Gasteiger partial charge < -0.3 is 19.5 Å². The van der Waals surface area contributed by atoms with Gasteiger partial charge in [0.05, 0.1) is 23.9 Å². The maximum absolute atomic E-state index is 12.1. The molecule has 0 aliphatic rings. The summed E-state index contributed by atoms with van der Waals surface area (Å²) in [6.07, 6.45) is 1.10. The second-order valence-corrected chi connectivity index (χ2v) is 8.37. The van der Waals surface area contributed by atoms with Gasteiger partial charge in [-0.25, -0.2) is 5.43 Å². The Bertz CT molecular complexity index is 1180. The van der Waals surface area contributed by atoms with Crippen molar-refractivity contribution in [3.63, 3.8) is 0 Å². The Balaban J connectivity index is 1.55. The molecule has 3 rings (SSSR count). The molecule has 8 nitrogen and oxygen atoms in total. The van der Waals surface area contributed by atoms with Crippen molar-refractivity contribution in [2.24, 2.45) is 5.10 Å². The van der Waals surface area contributed by atoms with Gasteiger partial charge in [0.15, 0.2) is 11.5 Å². The SMILES string of the molecule is CCOc1ccc(NC(=O)CC(=O)NN=Cc2cc(Br)c(OCc3ccccc3)c(OCC)c2)cc1. The molecule has 188 valence electrons. The topological polar surface area (TPSA) is 98.2 Å². The molecule has 3 aromatic carbocycles. The number of ether oxygens (including phenoxy) is 3. The highest BCUT2D eigenvalue weighted by atomic mass is 79.9. The average molecular weight is 554 g/mol. The average Bonchev–Trinajstić information content (AvgIpc) is 2.85. The third-order valence-corrected chi connectivity index (χ3v) is 5.32. The lowest BCUT2D eigenvalue weighted by Gasteiger charge is -2.14. The van der Waals surface area contributed by atoms with E-state index in [2.05, 4.69) is 31.8 Å². The molecule has 0 unspecified atom stereocenters. The number of rotatable bonds is 12. The van der Waals surface area contributed by atoms with E-state index in [9.17, 15) is 9.59 Å². The van der Waals surface area contributed by atoms with E-state index < -0.39 is 11.8 Å². The predicted octanol–water partition coefficient (Wildman–Crippen LogP) is 5.30. The summed E-state index contributed by atoms with van der Waals surface area (Å²) in [4.78, 5) is 24.3. The molecule has 9 heteroatoms. The van der Waals surface area contributed by atoms with Crippen LogP contribution in [0.2, 0.25) is 0 Å². The molecule has 36 heavy (non-hydrogen) atoms. The predicted molar refractivity (Wildman–Crippen MR) is 143 cm³/mol. The summed E-state index contributed by atoms with van der Waals surface area (Å²) in [6, 6.07) is 20.3. The third kappa shape index (κ3) is 8.42. The van der Waals surface area contributed by atoms with E-state index in [1.54, 1.807) is 36.4 Å². The highest BCUT2D eigenvalue weighted by Crippen LogP contribution is 2.37. The van der Waals surface area contributed by atoms with Gasteiger partial charge in [0, 0.05) is 5.69 Å². The van der Waals surface area contributed by atoms with E-state index in [-0.39, 0.29) is 6.42 Å². The van der Waals surface area contributed by atoms with Gasteiger partial charge in [0.25, 0.3) is 0 Å². The maximum Gasteiger partial charge on any atom is 0.249 e. The Morgan fingerprint density at radius 1 is 0.917 bits per heavy atom. The van der Waals surface area contributed by atoms with Crippen molar-refractivity contribution in [3.8, 4) is 17.2 Å². The van der Waals surface area contributed by atoms with Crippen molar-refractivity contribution in [3.05, 3.63) is 82.3 Å². The number of carbonyl (C=O) groups excluding carboxylic acids is 2. The number of hydrogen-bond donors (Lipinski definition) is 2.